The Labute approximate surface area is 124 Å². The Balaban J connectivity index is 2.33. The van der Waals surface area contributed by atoms with E-state index in [1.807, 2.05) is 13.0 Å². The molecule has 1 N–H and O–H groups in total. The molecule has 0 aliphatic rings. The molecule has 18 heavy (non-hydrogen) atoms. The van der Waals surface area contributed by atoms with Crippen molar-refractivity contribution in [2.75, 3.05) is 12.4 Å². The highest BCUT2D eigenvalue weighted by Gasteiger charge is 2.08. The molecule has 0 unspecified atom stereocenters. The smallest absolute Gasteiger partial charge is 0.227 e. The number of aryl methyl sites for hydroxylation is 1. The summed E-state index contributed by atoms with van der Waals surface area (Å²) in [4.78, 5) is 8.37. The van der Waals surface area contributed by atoms with Crippen LogP contribution in [0.5, 0.6) is 5.75 Å². The molecule has 0 atom stereocenters. The van der Waals surface area contributed by atoms with Crippen LogP contribution >= 0.6 is 34.2 Å². The molecule has 0 aliphatic heterocycles. The molecule has 6 heteroatoms. The molecule has 0 saturated heterocycles. The van der Waals surface area contributed by atoms with Gasteiger partial charge in [-0.3, -0.25) is 0 Å². The minimum Gasteiger partial charge on any atom is -0.495 e. The van der Waals surface area contributed by atoms with Crippen molar-refractivity contribution in [2.45, 2.75) is 6.92 Å². The first-order valence-electron chi connectivity index (χ1n) is 5.19. The number of benzene rings is 1. The number of methoxy groups -OCH3 is 1. The number of aromatic nitrogens is 2. The molecule has 2 rings (SSSR count). The third-order valence-electron chi connectivity index (χ3n) is 2.35. The van der Waals surface area contributed by atoms with Crippen LogP contribution in [0.1, 0.15) is 5.56 Å². The first-order valence-corrected chi connectivity index (χ1v) is 6.64. The molecule has 4 nitrogen and oxygen atoms in total. The molecule has 1 heterocycles. The summed E-state index contributed by atoms with van der Waals surface area (Å²) in [6, 6.07) is 3.68. The molecule has 0 saturated carbocycles. The van der Waals surface area contributed by atoms with E-state index in [9.17, 15) is 0 Å². The van der Waals surface area contributed by atoms with Crippen molar-refractivity contribution in [3.05, 3.63) is 38.7 Å². The van der Waals surface area contributed by atoms with Crippen LogP contribution in [0.3, 0.4) is 0 Å². The van der Waals surface area contributed by atoms with Crippen molar-refractivity contribution in [2.24, 2.45) is 0 Å². The van der Waals surface area contributed by atoms with Gasteiger partial charge in [0.05, 0.1) is 12.8 Å². The number of ether oxygens (including phenoxy) is 1. The summed E-state index contributed by atoms with van der Waals surface area (Å²) < 4.78 is 6.26. The van der Waals surface area contributed by atoms with Crippen LogP contribution in [-0.2, 0) is 0 Å². The van der Waals surface area contributed by atoms with Gasteiger partial charge in [-0.15, -0.1) is 0 Å². The van der Waals surface area contributed by atoms with E-state index in [1.54, 1.807) is 25.6 Å². The molecule has 0 fully saturated rings. The summed E-state index contributed by atoms with van der Waals surface area (Å²) in [6.45, 7) is 1.93. The number of nitrogens with zero attached hydrogens (tertiary/aromatic N) is 2. The lowest BCUT2D eigenvalue weighted by Crippen LogP contribution is -1.99. The number of nitrogens with one attached hydrogen (secondary N) is 1. The Kier molecular flexibility index (Phi) is 4.23. The van der Waals surface area contributed by atoms with E-state index in [-0.39, 0.29) is 0 Å². The first kappa shape index (κ1) is 13.4. The number of anilines is 2. The molecule has 94 valence electrons. The Morgan fingerprint density at radius 2 is 1.94 bits per heavy atom. The third-order valence-corrected chi connectivity index (χ3v) is 3.31. The monoisotopic (exact) mass is 375 g/mol. The minimum absolute atomic E-state index is 0.524. The SMILES string of the molecule is COc1cc(Cl)c(C)cc1Nc1ncc(I)cn1. The number of hydrogen-bond donors (Lipinski definition) is 1. The Hall–Kier alpha value is -1.08. The van der Waals surface area contributed by atoms with E-state index in [2.05, 4.69) is 37.9 Å². The van der Waals surface area contributed by atoms with E-state index in [0.29, 0.717) is 16.7 Å². The molecule has 0 amide bonds. The van der Waals surface area contributed by atoms with Gasteiger partial charge in [0, 0.05) is 27.1 Å². The summed E-state index contributed by atoms with van der Waals surface area (Å²) >= 11 is 8.20. The van der Waals surface area contributed by atoms with Gasteiger partial charge in [-0.1, -0.05) is 11.6 Å². The molecule has 0 radical (unpaired) electrons. The predicted molar refractivity (Wildman–Crippen MR) is 80.8 cm³/mol. The highest BCUT2D eigenvalue weighted by atomic mass is 127. The summed E-state index contributed by atoms with van der Waals surface area (Å²) in [5.41, 5.74) is 1.76. The Morgan fingerprint density at radius 3 is 2.56 bits per heavy atom. The minimum atomic E-state index is 0.524. The molecule has 0 bridgehead atoms. The molecular formula is C12H11ClIN3O. The Morgan fingerprint density at radius 1 is 1.28 bits per heavy atom. The van der Waals surface area contributed by atoms with Crippen molar-refractivity contribution >= 4 is 45.8 Å². The quantitative estimate of drug-likeness (QED) is 0.829. The second-order valence-corrected chi connectivity index (χ2v) is 5.30. The fourth-order valence-electron chi connectivity index (χ4n) is 1.43. The van der Waals surface area contributed by atoms with Crippen LogP contribution in [0.15, 0.2) is 24.5 Å². The van der Waals surface area contributed by atoms with E-state index >= 15 is 0 Å². The lowest BCUT2D eigenvalue weighted by Gasteiger charge is -2.11. The van der Waals surface area contributed by atoms with Crippen LogP contribution < -0.4 is 10.1 Å². The van der Waals surface area contributed by atoms with E-state index in [0.717, 1.165) is 14.8 Å². The first-order chi connectivity index (χ1) is 8.60. The predicted octanol–water partition coefficient (Wildman–Crippen LogP) is 3.80. The van der Waals surface area contributed by atoms with Crippen molar-refractivity contribution < 1.29 is 4.74 Å². The summed E-state index contributed by atoms with van der Waals surface area (Å²) in [5, 5.41) is 3.78. The topological polar surface area (TPSA) is 47.0 Å². The van der Waals surface area contributed by atoms with Gasteiger partial charge in [0.1, 0.15) is 5.75 Å². The maximum absolute atomic E-state index is 6.05. The second-order valence-electron chi connectivity index (χ2n) is 3.65. The Bertz CT molecular complexity index is 560. The van der Waals surface area contributed by atoms with Gasteiger partial charge in [0.15, 0.2) is 0 Å². The molecular weight excluding hydrogens is 365 g/mol. The zero-order valence-electron chi connectivity index (χ0n) is 9.87. The molecule has 0 aliphatic carbocycles. The van der Waals surface area contributed by atoms with Gasteiger partial charge in [-0.05, 0) is 41.1 Å². The maximum atomic E-state index is 6.05. The van der Waals surface area contributed by atoms with Crippen molar-refractivity contribution in [3.8, 4) is 5.75 Å². The largest absolute Gasteiger partial charge is 0.495 e. The van der Waals surface area contributed by atoms with Crippen LogP contribution in [0, 0.1) is 10.5 Å². The average Bonchev–Trinajstić information content (AvgIpc) is 2.36. The molecule has 2 aromatic rings. The zero-order chi connectivity index (χ0) is 13.1. The summed E-state index contributed by atoms with van der Waals surface area (Å²) in [6.07, 6.45) is 3.48. The second kappa shape index (κ2) is 5.71. The van der Waals surface area contributed by atoms with Gasteiger partial charge in [0.25, 0.3) is 0 Å². The standard InChI is InChI=1S/C12H11ClIN3O/c1-7-3-10(11(18-2)4-9(7)13)17-12-15-5-8(14)6-16-12/h3-6H,1-2H3,(H,15,16,17). The van der Waals surface area contributed by atoms with Gasteiger partial charge in [-0.25, -0.2) is 9.97 Å². The van der Waals surface area contributed by atoms with Crippen molar-refractivity contribution in [1.82, 2.24) is 9.97 Å². The van der Waals surface area contributed by atoms with E-state index < -0.39 is 0 Å². The normalized spacial score (nSPS) is 10.2. The van der Waals surface area contributed by atoms with Gasteiger partial charge in [0.2, 0.25) is 5.95 Å². The van der Waals surface area contributed by atoms with Crippen LogP contribution in [0.25, 0.3) is 0 Å². The van der Waals surface area contributed by atoms with Crippen molar-refractivity contribution in [1.29, 1.82) is 0 Å². The maximum Gasteiger partial charge on any atom is 0.227 e. The summed E-state index contributed by atoms with van der Waals surface area (Å²) in [5.74, 6) is 1.18. The third kappa shape index (κ3) is 3.02. The van der Waals surface area contributed by atoms with Crippen LogP contribution in [-0.4, -0.2) is 17.1 Å². The van der Waals surface area contributed by atoms with Crippen LogP contribution in [0.4, 0.5) is 11.6 Å². The molecule has 1 aromatic heterocycles. The fourth-order valence-corrected chi connectivity index (χ4v) is 1.86. The average molecular weight is 376 g/mol. The zero-order valence-corrected chi connectivity index (χ0v) is 12.8. The van der Waals surface area contributed by atoms with Gasteiger partial charge < -0.3 is 10.1 Å². The molecule has 0 spiro atoms. The lowest BCUT2D eigenvalue weighted by molar-refractivity contribution is 0.416. The number of halogens is 2. The van der Waals surface area contributed by atoms with Crippen LogP contribution in [0.2, 0.25) is 5.02 Å². The number of rotatable bonds is 3. The van der Waals surface area contributed by atoms with Crippen molar-refractivity contribution in [3.63, 3.8) is 0 Å². The van der Waals surface area contributed by atoms with E-state index in [1.165, 1.54) is 0 Å². The molecule has 1 aromatic carbocycles. The lowest BCUT2D eigenvalue weighted by atomic mass is 10.2. The highest BCUT2D eigenvalue weighted by Crippen LogP contribution is 2.32. The number of hydrogen-bond acceptors (Lipinski definition) is 4. The highest BCUT2D eigenvalue weighted by molar-refractivity contribution is 14.1. The van der Waals surface area contributed by atoms with Gasteiger partial charge >= 0.3 is 0 Å². The van der Waals surface area contributed by atoms with E-state index in [4.69, 9.17) is 16.3 Å². The fraction of sp³-hybridized carbons (Fsp3) is 0.167. The van der Waals surface area contributed by atoms with Gasteiger partial charge in [-0.2, -0.15) is 0 Å². The summed E-state index contributed by atoms with van der Waals surface area (Å²) in [7, 11) is 1.60.